The Bertz CT molecular complexity index is 906. The average Bonchev–Trinajstić information content (AvgIpc) is 2.97. The van der Waals surface area contributed by atoms with Crippen molar-refractivity contribution in [2.45, 2.75) is 6.36 Å². The van der Waals surface area contributed by atoms with Crippen molar-refractivity contribution in [2.75, 3.05) is 37.8 Å². The van der Waals surface area contributed by atoms with Crippen molar-refractivity contribution in [3.63, 3.8) is 0 Å². The molecule has 0 aliphatic carbocycles. The Morgan fingerprint density at radius 1 is 1.38 bits per heavy atom. The van der Waals surface area contributed by atoms with Crippen molar-refractivity contribution in [2.24, 2.45) is 0 Å². The van der Waals surface area contributed by atoms with Gasteiger partial charge in [-0.2, -0.15) is 0 Å². The fourth-order valence-corrected chi connectivity index (χ4v) is 3.33. The minimum absolute atomic E-state index is 0.105. The quantitative estimate of drug-likeness (QED) is 0.430. The molecule has 0 bridgehead atoms. The largest absolute Gasteiger partial charge is 0.772 e. The first-order chi connectivity index (χ1) is 13.5. The van der Waals surface area contributed by atoms with Crippen molar-refractivity contribution in [1.29, 1.82) is 0 Å². The number of benzene rings is 1. The summed E-state index contributed by atoms with van der Waals surface area (Å²) in [4.78, 5) is 29.2. The van der Waals surface area contributed by atoms with Crippen LogP contribution in [0.3, 0.4) is 0 Å². The fourth-order valence-electron chi connectivity index (χ4n) is 2.10. The van der Waals surface area contributed by atoms with Crippen LogP contribution in [0.1, 0.15) is 0 Å². The molecule has 9 nitrogen and oxygen atoms in total. The molecule has 2 aromatic rings. The van der Waals surface area contributed by atoms with Gasteiger partial charge in [0, 0.05) is 25.4 Å². The maximum atomic E-state index is 12.3. The summed E-state index contributed by atoms with van der Waals surface area (Å²) in [6.45, 7) is -0.315. The zero-order chi connectivity index (χ0) is 21.6. The van der Waals surface area contributed by atoms with Gasteiger partial charge in [0.2, 0.25) is 11.8 Å². The third kappa shape index (κ3) is 7.92. The van der Waals surface area contributed by atoms with Gasteiger partial charge in [-0.15, -0.1) is 13.2 Å². The lowest BCUT2D eigenvalue weighted by atomic mass is 10.3. The second-order valence-corrected chi connectivity index (χ2v) is 7.73. The molecule has 1 unspecified atom stereocenters. The lowest BCUT2D eigenvalue weighted by Crippen LogP contribution is -2.40. The number of anilines is 1. The Labute approximate surface area is 169 Å². The van der Waals surface area contributed by atoms with Gasteiger partial charge in [-0.1, -0.05) is 22.4 Å². The van der Waals surface area contributed by atoms with Crippen LogP contribution in [0.4, 0.5) is 18.3 Å². The summed E-state index contributed by atoms with van der Waals surface area (Å²) in [6, 6.07) is 3.61. The Balaban J connectivity index is 1.88. The van der Waals surface area contributed by atoms with Crippen molar-refractivity contribution in [1.82, 2.24) is 15.2 Å². The fraction of sp³-hybridized carbons (Fsp3) is 0.400. The molecule has 14 heteroatoms. The number of thiazole rings is 1. The number of alkyl halides is 3. The highest BCUT2D eigenvalue weighted by molar-refractivity contribution is 7.79. The van der Waals surface area contributed by atoms with E-state index in [-0.39, 0.29) is 30.5 Å². The van der Waals surface area contributed by atoms with E-state index in [4.69, 9.17) is 0 Å². The summed E-state index contributed by atoms with van der Waals surface area (Å²) >= 11 is -1.25. The molecule has 0 spiro atoms. The van der Waals surface area contributed by atoms with Crippen LogP contribution < -0.4 is 15.4 Å². The van der Waals surface area contributed by atoms with Crippen molar-refractivity contribution < 1.29 is 36.3 Å². The molecule has 0 saturated heterocycles. The van der Waals surface area contributed by atoms with Crippen LogP contribution in [0.15, 0.2) is 18.2 Å². The van der Waals surface area contributed by atoms with E-state index in [1.807, 2.05) is 0 Å². The molecule has 29 heavy (non-hydrogen) atoms. The summed E-state index contributed by atoms with van der Waals surface area (Å²) in [7, 11) is 1.40. The second kappa shape index (κ2) is 9.96. The van der Waals surface area contributed by atoms with Crippen LogP contribution in [0, 0.1) is 0 Å². The van der Waals surface area contributed by atoms with E-state index in [9.17, 15) is 31.5 Å². The van der Waals surface area contributed by atoms with Crippen molar-refractivity contribution in [3.05, 3.63) is 18.2 Å². The Morgan fingerprint density at radius 3 is 2.76 bits per heavy atom. The van der Waals surface area contributed by atoms with Crippen molar-refractivity contribution in [3.8, 4) is 5.75 Å². The number of aromatic nitrogens is 1. The number of rotatable bonds is 9. The van der Waals surface area contributed by atoms with E-state index in [0.717, 1.165) is 28.4 Å². The maximum absolute atomic E-state index is 12.3. The Morgan fingerprint density at radius 2 is 2.10 bits per heavy atom. The predicted molar refractivity (Wildman–Crippen MR) is 99.2 cm³/mol. The van der Waals surface area contributed by atoms with Gasteiger partial charge in [0.1, 0.15) is 5.75 Å². The molecule has 0 aliphatic rings. The van der Waals surface area contributed by atoms with Crippen LogP contribution in [-0.4, -0.2) is 69.3 Å². The number of nitrogens with zero attached hydrogens (tertiary/aromatic N) is 2. The molecule has 160 valence electrons. The number of amides is 2. The molecule has 1 aromatic carbocycles. The molecule has 0 fully saturated rings. The summed E-state index contributed by atoms with van der Waals surface area (Å²) in [6.07, 6.45) is -4.81. The number of hydrogen-bond donors (Lipinski definition) is 2. The van der Waals surface area contributed by atoms with Gasteiger partial charge in [-0.3, -0.25) is 13.8 Å². The first-order valence-electron chi connectivity index (χ1n) is 8.00. The molecule has 2 N–H and O–H groups in total. The summed E-state index contributed by atoms with van der Waals surface area (Å²) < 4.78 is 61.9. The van der Waals surface area contributed by atoms with Crippen LogP contribution in [-0.2, 0) is 20.7 Å². The molecular weight excluding hydrogens is 437 g/mol. The van der Waals surface area contributed by atoms with Gasteiger partial charge in [-0.25, -0.2) is 4.98 Å². The molecule has 1 aromatic heterocycles. The van der Waals surface area contributed by atoms with Crippen LogP contribution >= 0.6 is 11.3 Å². The van der Waals surface area contributed by atoms with Gasteiger partial charge in [-0.05, 0) is 12.1 Å². The lowest BCUT2D eigenvalue weighted by Gasteiger charge is -2.16. The van der Waals surface area contributed by atoms with Crippen LogP contribution in [0.2, 0.25) is 0 Å². The van der Waals surface area contributed by atoms with Gasteiger partial charge in [0.25, 0.3) is 0 Å². The minimum atomic E-state index is -4.81. The summed E-state index contributed by atoms with van der Waals surface area (Å²) in [5, 5.41) is 5.28. The number of nitrogens with one attached hydrogen (secondary N) is 2. The van der Waals surface area contributed by atoms with E-state index in [1.165, 1.54) is 13.1 Å². The number of carbonyl (C=O) groups excluding carboxylic acids is 2. The summed E-state index contributed by atoms with van der Waals surface area (Å²) in [5.41, 5.74) is 0.379. The van der Waals surface area contributed by atoms with Crippen LogP contribution in [0.5, 0.6) is 5.75 Å². The Kier molecular flexibility index (Phi) is 7.89. The highest BCUT2D eigenvalue weighted by Crippen LogP contribution is 2.31. The number of fused-ring (bicyclic) bond motifs is 1. The van der Waals surface area contributed by atoms with E-state index in [0.29, 0.717) is 10.2 Å². The molecule has 2 rings (SSSR count). The normalized spacial score (nSPS) is 12.6. The standard InChI is InChI=1S/C15H17F3N4O5S2/c1-22(13(24)7-19-4-5-29(25)26)8-12(23)21-14-20-10-3-2-9(6-11(10)28-14)27-15(16,17)18/h2-3,6,19H,4-5,7-8H2,1H3,(H,25,26)(H,20,21,23)/p-1. The molecule has 0 aliphatic heterocycles. The maximum Gasteiger partial charge on any atom is 0.573 e. The molecule has 1 heterocycles. The van der Waals surface area contributed by atoms with Crippen molar-refractivity contribution >= 4 is 49.6 Å². The second-order valence-electron chi connectivity index (χ2n) is 5.68. The van der Waals surface area contributed by atoms with E-state index >= 15 is 0 Å². The lowest BCUT2D eigenvalue weighted by molar-refractivity contribution is -0.274. The number of hydrogen-bond acceptors (Lipinski definition) is 8. The Hall–Kier alpha value is -2.29. The van der Waals surface area contributed by atoms with E-state index in [1.54, 1.807) is 0 Å². The smallest absolute Gasteiger partial charge is 0.573 e. The number of carbonyl (C=O) groups is 2. The first-order valence-corrected chi connectivity index (χ1v) is 10.1. The molecule has 0 saturated carbocycles. The van der Waals surface area contributed by atoms with Gasteiger partial charge in [0.05, 0.1) is 23.3 Å². The highest BCUT2D eigenvalue weighted by atomic mass is 32.2. The average molecular weight is 453 g/mol. The molecule has 2 amide bonds. The molecular formula is C15H16F3N4O5S2-. The monoisotopic (exact) mass is 453 g/mol. The van der Waals surface area contributed by atoms with Gasteiger partial charge in [0.15, 0.2) is 5.13 Å². The van der Waals surface area contributed by atoms with E-state index in [2.05, 4.69) is 20.4 Å². The SMILES string of the molecule is CN(CC(=O)Nc1nc2ccc(OC(F)(F)F)cc2s1)C(=O)CNCCS(=O)[O-]. The van der Waals surface area contributed by atoms with E-state index < -0.39 is 35.0 Å². The first kappa shape index (κ1) is 23.0. The molecule has 1 atom stereocenters. The topological polar surface area (TPSA) is 124 Å². The number of likely N-dealkylation sites (N-methyl/N-ethyl adjacent to an activating group) is 1. The highest BCUT2D eigenvalue weighted by Gasteiger charge is 2.31. The third-order valence-electron chi connectivity index (χ3n) is 3.37. The zero-order valence-electron chi connectivity index (χ0n) is 14.9. The van der Waals surface area contributed by atoms with Gasteiger partial charge < -0.3 is 24.8 Å². The molecule has 0 radical (unpaired) electrons. The van der Waals surface area contributed by atoms with Crippen LogP contribution in [0.25, 0.3) is 10.2 Å². The summed E-state index contributed by atoms with van der Waals surface area (Å²) in [5.74, 6) is -1.50. The number of halogens is 3. The van der Waals surface area contributed by atoms with Gasteiger partial charge >= 0.3 is 6.36 Å². The predicted octanol–water partition coefficient (Wildman–Crippen LogP) is 1.06. The number of ether oxygens (including phenoxy) is 1. The minimum Gasteiger partial charge on any atom is -0.772 e. The third-order valence-corrected chi connectivity index (χ3v) is 4.84. The zero-order valence-corrected chi connectivity index (χ0v) is 16.6.